The van der Waals surface area contributed by atoms with Gasteiger partial charge in [-0.25, -0.2) is 8.42 Å². The molecule has 0 spiro atoms. The lowest BCUT2D eigenvalue weighted by Gasteiger charge is -2.30. The van der Waals surface area contributed by atoms with Crippen LogP contribution in [0.15, 0.2) is 47.5 Å². The molecule has 29 heavy (non-hydrogen) atoms. The number of benzene rings is 2. The van der Waals surface area contributed by atoms with Crippen LogP contribution in [-0.2, 0) is 16.4 Å². The number of nitrogens with one attached hydrogen (secondary N) is 1. The molecule has 1 unspecified atom stereocenters. The van der Waals surface area contributed by atoms with Crippen LogP contribution in [0, 0.1) is 0 Å². The highest BCUT2D eigenvalue weighted by molar-refractivity contribution is 7.89. The predicted molar refractivity (Wildman–Crippen MR) is 108 cm³/mol. The molecule has 1 aromatic heterocycles. The Hall–Kier alpha value is -1.94. The van der Waals surface area contributed by atoms with Gasteiger partial charge in [-0.3, -0.25) is 0 Å². The zero-order valence-corrected chi connectivity index (χ0v) is 17.3. The largest absolute Gasteiger partial charge is 0.405 e. The molecule has 11 heteroatoms. The molecule has 3 aromatic rings. The molecule has 1 atom stereocenters. The Morgan fingerprint density at radius 3 is 2.48 bits per heavy atom. The number of hydrogen-bond acceptors (Lipinski definition) is 3. The van der Waals surface area contributed by atoms with Gasteiger partial charge in [-0.1, -0.05) is 41.4 Å². The summed E-state index contributed by atoms with van der Waals surface area (Å²) in [5.41, 5.74) is 6.36. The van der Waals surface area contributed by atoms with Gasteiger partial charge in [0.15, 0.2) is 0 Å². The van der Waals surface area contributed by atoms with E-state index in [4.69, 9.17) is 28.9 Å². The van der Waals surface area contributed by atoms with Crippen LogP contribution < -0.4 is 5.73 Å². The average Bonchev–Trinajstić information content (AvgIpc) is 3.00. The molecule has 5 nitrogen and oxygen atoms in total. The fourth-order valence-electron chi connectivity index (χ4n) is 3.12. The minimum atomic E-state index is -4.84. The van der Waals surface area contributed by atoms with E-state index in [2.05, 4.69) is 4.98 Å². The molecule has 0 fully saturated rings. The van der Waals surface area contributed by atoms with Crippen molar-refractivity contribution in [2.24, 2.45) is 0 Å². The number of H-pyrrole nitrogens is 1. The van der Waals surface area contributed by atoms with Gasteiger partial charge in [0.2, 0.25) is 10.0 Å². The number of sulfonamides is 1. The van der Waals surface area contributed by atoms with Crippen LogP contribution in [-0.4, -0.2) is 37.0 Å². The lowest BCUT2D eigenvalue weighted by atomic mass is 10.0. The molecule has 0 bridgehead atoms. The molecule has 1 heterocycles. The molecule has 0 radical (unpaired) electrons. The van der Waals surface area contributed by atoms with E-state index in [0.717, 1.165) is 19.2 Å². The van der Waals surface area contributed by atoms with Crippen LogP contribution in [0.4, 0.5) is 18.9 Å². The Morgan fingerprint density at radius 2 is 1.86 bits per heavy atom. The van der Waals surface area contributed by atoms with Gasteiger partial charge in [0.1, 0.15) is 10.9 Å². The lowest BCUT2D eigenvalue weighted by molar-refractivity contribution is -0.168. The van der Waals surface area contributed by atoms with Crippen molar-refractivity contribution < 1.29 is 21.6 Å². The van der Waals surface area contributed by atoms with Gasteiger partial charge in [0.05, 0.1) is 10.7 Å². The molecular formula is C18H16Cl2F3N3O2S. The summed E-state index contributed by atoms with van der Waals surface area (Å²) in [6, 6.07) is 6.72. The summed E-state index contributed by atoms with van der Waals surface area (Å²) in [6.07, 6.45) is -3.99. The van der Waals surface area contributed by atoms with Crippen molar-refractivity contribution in [3.63, 3.8) is 0 Å². The van der Waals surface area contributed by atoms with Crippen molar-refractivity contribution in [2.45, 2.75) is 23.5 Å². The number of alkyl halides is 3. The smallest absolute Gasteiger partial charge is 0.398 e. The highest BCUT2D eigenvalue weighted by Crippen LogP contribution is 2.37. The topological polar surface area (TPSA) is 79.2 Å². The second-order valence-corrected chi connectivity index (χ2v) is 9.23. The molecule has 0 saturated carbocycles. The van der Waals surface area contributed by atoms with Gasteiger partial charge in [-0.05, 0) is 30.2 Å². The standard InChI is InChI=1S/C18H16Cl2F3N3O2S/c1-26(29(27,28)17-13(20)7-11(19)8-14(17)24)16(18(21,22)23)6-10-9-25-15-5-3-2-4-12(10)15/h2-5,7-9,16,25H,6,24H2,1H3. The van der Waals surface area contributed by atoms with Gasteiger partial charge >= 0.3 is 6.18 Å². The second-order valence-electron chi connectivity index (χ2n) is 6.45. The summed E-state index contributed by atoms with van der Waals surface area (Å²) >= 11 is 11.7. The predicted octanol–water partition coefficient (Wildman–Crippen LogP) is 4.85. The zero-order valence-electron chi connectivity index (χ0n) is 15.0. The van der Waals surface area contributed by atoms with Crippen molar-refractivity contribution in [1.82, 2.24) is 9.29 Å². The van der Waals surface area contributed by atoms with Crippen molar-refractivity contribution in [3.05, 3.63) is 58.2 Å². The first-order valence-electron chi connectivity index (χ1n) is 8.27. The van der Waals surface area contributed by atoms with Crippen LogP contribution in [0.2, 0.25) is 10.0 Å². The first-order chi connectivity index (χ1) is 13.4. The summed E-state index contributed by atoms with van der Waals surface area (Å²) < 4.78 is 67.8. The van der Waals surface area contributed by atoms with Crippen LogP contribution in [0.1, 0.15) is 5.56 Å². The number of hydrogen-bond donors (Lipinski definition) is 2. The van der Waals surface area contributed by atoms with Crippen LogP contribution in [0.25, 0.3) is 10.9 Å². The summed E-state index contributed by atoms with van der Waals surface area (Å²) in [7, 11) is -3.81. The van der Waals surface area contributed by atoms with Crippen LogP contribution >= 0.6 is 23.2 Å². The Bertz CT molecular complexity index is 1140. The summed E-state index contributed by atoms with van der Waals surface area (Å²) in [4.78, 5) is 2.28. The number of aromatic nitrogens is 1. The third kappa shape index (κ3) is 4.18. The van der Waals surface area contributed by atoms with Gasteiger partial charge in [-0.2, -0.15) is 17.5 Å². The average molecular weight is 466 g/mol. The Kier molecular flexibility index (Phi) is 5.79. The normalized spacial score (nSPS) is 13.9. The summed E-state index contributed by atoms with van der Waals surface area (Å²) in [6.45, 7) is 0. The van der Waals surface area contributed by atoms with E-state index >= 15 is 0 Å². The van der Waals surface area contributed by atoms with Crippen molar-refractivity contribution >= 4 is 49.8 Å². The number of nitrogens with zero attached hydrogens (tertiary/aromatic N) is 1. The minimum Gasteiger partial charge on any atom is -0.398 e. The van der Waals surface area contributed by atoms with Crippen LogP contribution in [0.3, 0.4) is 0 Å². The van der Waals surface area contributed by atoms with E-state index in [0.29, 0.717) is 16.5 Å². The second kappa shape index (κ2) is 7.71. The lowest BCUT2D eigenvalue weighted by Crippen LogP contribution is -2.48. The van der Waals surface area contributed by atoms with Gasteiger partial charge in [0, 0.05) is 29.2 Å². The van der Waals surface area contributed by atoms with Gasteiger partial charge < -0.3 is 10.7 Å². The molecule has 0 saturated heterocycles. The van der Waals surface area contributed by atoms with Gasteiger partial charge in [0.25, 0.3) is 0 Å². The fraction of sp³-hybridized carbons (Fsp3) is 0.222. The van der Waals surface area contributed by atoms with E-state index in [1.165, 1.54) is 6.20 Å². The molecule has 3 rings (SSSR count). The Balaban J connectivity index is 2.05. The Morgan fingerprint density at radius 1 is 1.21 bits per heavy atom. The number of rotatable bonds is 5. The number of nitrogen functional groups attached to an aromatic ring is 1. The molecular weight excluding hydrogens is 450 g/mol. The molecule has 2 aromatic carbocycles. The monoisotopic (exact) mass is 465 g/mol. The van der Waals surface area contributed by atoms with Crippen LogP contribution in [0.5, 0.6) is 0 Å². The number of anilines is 1. The maximum Gasteiger partial charge on any atom is 0.405 e. The number of halogens is 5. The Labute approximate surface area is 175 Å². The summed E-state index contributed by atoms with van der Waals surface area (Å²) in [5.74, 6) is 0. The van der Waals surface area contributed by atoms with E-state index < -0.39 is 33.6 Å². The maximum atomic E-state index is 13.9. The minimum absolute atomic E-state index is 0.0697. The van der Waals surface area contributed by atoms with E-state index in [-0.39, 0.29) is 20.0 Å². The molecule has 0 aliphatic carbocycles. The molecule has 3 N–H and O–H groups in total. The number of fused-ring (bicyclic) bond motifs is 1. The van der Waals surface area contributed by atoms with Crippen molar-refractivity contribution in [2.75, 3.05) is 12.8 Å². The highest BCUT2D eigenvalue weighted by atomic mass is 35.5. The van der Waals surface area contributed by atoms with Crippen molar-refractivity contribution in [3.8, 4) is 0 Å². The van der Waals surface area contributed by atoms with Crippen molar-refractivity contribution in [1.29, 1.82) is 0 Å². The number of likely N-dealkylation sites (N-methyl/N-ethyl adjacent to an activating group) is 1. The molecule has 0 amide bonds. The maximum absolute atomic E-state index is 13.9. The SMILES string of the molecule is CN(C(Cc1c[nH]c2ccccc12)C(F)(F)F)S(=O)(=O)c1c(N)cc(Cl)cc1Cl. The molecule has 0 aliphatic heterocycles. The molecule has 0 aliphatic rings. The van der Waals surface area contributed by atoms with Gasteiger partial charge in [-0.15, -0.1) is 0 Å². The quantitative estimate of drug-likeness (QED) is 0.528. The highest BCUT2D eigenvalue weighted by Gasteiger charge is 2.47. The first-order valence-corrected chi connectivity index (χ1v) is 10.5. The zero-order chi connectivity index (χ0) is 21.6. The van der Waals surface area contributed by atoms with E-state index in [1.54, 1.807) is 24.3 Å². The third-order valence-corrected chi connectivity index (χ3v) is 7.19. The first kappa shape index (κ1) is 21.8. The van der Waals surface area contributed by atoms with E-state index in [1.807, 2.05) is 0 Å². The number of nitrogens with two attached hydrogens (primary N) is 1. The number of aromatic amines is 1. The number of para-hydroxylation sites is 1. The fourth-order valence-corrected chi connectivity index (χ4v) is 5.40. The summed E-state index contributed by atoms with van der Waals surface area (Å²) in [5, 5.41) is 0.298. The van der Waals surface area contributed by atoms with E-state index in [9.17, 15) is 21.6 Å². The molecule has 156 valence electrons. The third-order valence-electron chi connectivity index (χ3n) is 4.58.